The van der Waals surface area contributed by atoms with Crippen molar-refractivity contribution >= 4 is 12.0 Å². The van der Waals surface area contributed by atoms with Crippen molar-refractivity contribution in [1.29, 1.82) is 0 Å². The van der Waals surface area contributed by atoms with Crippen molar-refractivity contribution in [2.45, 2.75) is 51.2 Å². The minimum atomic E-state index is 0.0781. The van der Waals surface area contributed by atoms with Crippen LogP contribution in [0.4, 0.5) is 0 Å². The summed E-state index contributed by atoms with van der Waals surface area (Å²) in [5.41, 5.74) is 1.04. The van der Waals surface area contributed by atoms with E-state index in [0.29, 0.717) is 18.5 Å². The molecule has 1 aromatic heterocycles. The molecule has 1 aliphatic carbocycles. The normalized spacial score (nSPS) is 22.2. The van der Waals surface area contributed by atoms with Crippen molar-refractivity contribution < 1.29 is 9.53 Å². The van der Waals surface area contributed by atoms with Gasteiger partial charge in [-0.3, -0.25) is 9.78 Å². The summed E-state index contributed by atoms with van der Waals surface area (Å²) < 4.78 is 6.07. The van der Waals surface area contributed by atoms with Gasteiger partial charge in [0.05, 0.1) is 12.7 Å². The molecule has 136 valence electrons. The lowest BCUT2D eigenvalue weighted by atomic mass is 9.84. The summed E-state index contributed by atoms with van der Waals surface area (Å²) in [7, 11) is 1.97. The molecular weight excluding hydrogens is 314 g/mol. The van der Waals surface area contributed by atoms with Crippen LogP contribution in [-0.2, 0) is 4.79 Å². The number of hydrogen-bond acceptors (Lipinski definition) is 4. The van der Waals surface area contributed by atoms with Gasteiger partial charge in [0, 0.05) is 31.1 Å². The number of likely N-dealkylation sites (tertiary alicyclic amines) is 1. The third-order valence-corrected chi connectivity index (χ3v) is 5.24. The van der Waals surface area contributed by atoms with Gasteiger partial charge in [-0.25, -0.2) is 0 Å². The molecule has 2 aliphatic rings. The summed E-state index contributed by atoms with van der Waals surface area (Å²) in [6.45, 7) is 3.67. The van der Waals surface area contributed by atoms with Gasteiger partial charge >= 0.3 is 0 Å². The quantitative estimate of drug-likeness (QED) is 0.827. The van der Waals surface area contributed by atoms with Crippen molar-refractivity contribution in [3.63, 3.8) is 0 Å². The first kappa shape index (κ1) is 17.9. The van der Waals surface area contributed by atoms with Crippen LogP contribution in [-0.4, -0.2) is 48.1 Å². The van der Waals surface area contributed by atoms with Gasteiger partial charge in [-0.05, 0) is 44.9 Å². The lowest BCUT2D eigenvalue weighted by Gasteiger charge is -2.29. The Balaban J connectivity index is 1.51. The number of aromatic nitrogens is 1. The van der Waals surface area contributed by atoms with E-state index in [1.54, 1.807) is 6.20 Å². The number of nitrogens with one attached hydrogen (secondary N) is 1. The fraction of sp³-hybridized carbons (Fsp3) is 0.600. The van der Waals surface area contributed by atoms with Gasteiger partial charge in [-0.2, -0.15) is 0 Å². The molecular formula is C20H29N3O2. The molecule has 5 heteroatoms. The van der Waals surface area contributed by atoms with E-state index in [1.807, 2.05) is 24.2 Å². The molecule has 0 radical (unpaired) electrons. The molecule has 1 aliphatic heterocycles. The molecule has 5 nitrogen and oxygen atoms in total. The Hall–Kier alpha value is -1.88. The number of nitrogens with zero attached hydrogens (tertiary/aromatic N) is 2. The maximum Gasteiger partial charge on any atom is 0.225 e. The minimum Gasteiger partial charge on any atom is -0.487 e. The number of carbonyl (C=O) groups excluding carboxylic acids is 1. The fourth-order valence-corrected chi connectivity index (χ4v) is 3.25. The number of amides is 1. The Bertz CT molecular complexity index is 613. The summed E-state index contributed by atoms with van der Waals surface area (Å²) in [4.78, 5) is 18.6. The average Bonchev–Trinajstić information content (AvgIpc) is 3.02. The van der Waals surface area contributed by atoms with Gasteiger partial charge in [-0.1, -0.05) is 18.6 Å². The van der Waals surface area contributed by atoms with Gasteiger partial charge in [0.2, 0.25) is 5.91 Å². The van der Waals surface area contributed by atoms with Gasteiger partial charge in [0.25, 0.3) is 0 Å². The van der Waals surface area contributed by atoms with Crippen molar-refractivity contribution in [2.75, 3.05) is 20.1 Å². The highest BCUT2D eigenvalue weighted by molar-refractivity contribution is 5.79. The third kappa shape index (κ3) is 4.82. The van der Waals surface area contributed by atoms with Crippen LogP contribution in [0.5, 0.6) is 5.75 Å². The summed E-state index contributed by atoms with van der Waals surface area (Å²) in [5.74, 6) is 1.38. The van der Waals surface area contributed by atoms with Crippen molar-refractivity contribution in [1.82, 2.24) is 15.2 Å². The summed E-state index contributed by atoms with van der Waals surface area (Å²) in [5, 5.41) is 3.22. The van der Waals surface area contributed by atoms with Crippen LogP contribution in [0.1, 0.15) is 44.6 Å². The zero-order valence-corrected chi connectivity index (χ0v) is 15.3. The highest BCUT2D eigenvalue weighted by atomic mass is 16.5. The molecule has 1 saturated carbocycles. The smallest absolute Gasteiger partial charge is 0.225 e. The zero-order chi connectivity index (χ0) is 17.6. The number of rotatable bonds is 7. The summed E-state index contributed by atoms with van der Waals surface area (Å²) >= 11 is 0. The molecule has 2 fully saturated rings. The maximum atomic E-state index is 12.3. The monoisotopic (exact) mass is 343 g/mol. The lowest BCUT2D eigenvalue weighted by Crippen LogP contribution is -2.38. The van der Waals surface area contributed by atoms with Gasteiger partial charge in [0.15, 0.2) is 0 Å². The Morgan fingerprint density at radius 1 is 1.44 bits per heavy atom. The Morgan fingerprint density at radius 3 is 3.00 bits per heavy atom. The van der Waals surface area contributed by atoms with Gasteiger partial charge in [-0.15, -0.1) is 0 Å². The molecule has 2 heterocycles. The van der Waals surface area contributed by atoms with Crippen LogP contribution in [0.15, 0.2) is 24.5 Å². The van der Waals surface area contributed by atoms with Crippen molar-refractivity contribution in [3.8, 4) is 5.75 Å². The first-order chi connectivity index (χ1) is 12.2. The fourth-order valence-electron chi connectivity index (χ4n) is 3.25. The molecule has 2 atom stereocenters. The first-order valence-electron chi connectivity index (χ1n) is 9.40. The van der Waals surface area contributed by atoms with E-state index >= 15 is 0 Å². The molecule has 1 saturated heterocycles. The number of carbonyl (C=O) groups is 1. The zero-order valence-electron chi connectivity index (χ0n) is 15.3. The van der Waals surface area contributed by atoms with E-state index in [-0.39, 0.29) is 12.0 Å². The Labute approximate surface area is 150 Å². The molecule has 1 aromatic rings. The minimum absolute atomic E-state index is 0.0781. The van der Waals surface area contributed by atoms with E-state index in [4.69, 9.17) is 4.74 Å². The molecule has 0 spiro atoms. The second-order valence-corrected chi connectivity index (χ2v) is 7.22. The van der Waals surface area contributed by atoms with E-state index in [0.717, 1.165) is 43.5 Å². The first-order valence-corrected chi connectivity index (χ1v) is 9.40. The summed E-state index contributed by atoms with van der Waals surface area (Å²) in [6, 6.07) is 2.48. The van der Waals surface area contributed by atoms with Crippen LogP contribution >= 0.6 is 0 Å². The third-order valence-electron chi connectivity index (χ3n) is 5.24. The molecule has 3 rings (SSSR count). The Kier molecular flexibility index (Phi) is 6.08. The molecule has 1 N–H and O–H groups in total. The predicted octanol–water partition coefficient (Wildman–Crippen LogP) is 2.87. The Morgan fingerprint density at radius 2 is 2.28 bits per heavy atom. The van der Waals surface area contributed by atoms with Crippen LogP contribution in [0, 0.1) is 5.92 Å². The number of hydrogen-bond donors (Lipinski definition) is 1. The SMILES string of the molecule is CN[C@@H](C)C/C=C/c1cncc(O[C@@H]2CCN(C(=O)C3CCC3)C2)c1. The van der Waals surface area contributed by atoms with Crippen molar-refractivity contribution in [2.24, 2.45) is 5.92 Å². The molecule has 0 unspecified atom stereocenters. The highest BCUT2D eigenvalue weighted by Crippen LogP contribution is 2.30. The summed E-state index contributed by atoms with van der Waals surface area (Å²) in [6.07, 6.45) is 13.1. The molecule has 0 bridgehead atoms. The van der Waals surface area contributed by atoms with E-state index in [1.165, 1.54) is 6.42 Å². The van der Waals surface area contributed by atoms with Crippen LogP contribution in [0.25, 0.3) is 6.08 Å². The van der Waals surface area contributed by atoms with E-state index in [9.17, 15) is 4.79 Å². The van der Waals surface area contributed by atoms with Crippen molar-refractivity contribution in [3.05, 3.63) is 30.1 Å². The second kappa shape index (κ2) is 8.48. The second-order valence-electron chi connectivity index (χ2n) is 7.22. The van der Waals surface area contributed by atoms with Crippen LogP contribution in [0.3, 0.4) is 0 Å². The maximum absolute atomic E-state index is 12.3. The highest BCUT2D eigenvalue weighted by Gasteiger charge is 2.34. The van der Waals surface area contributed by atoms with E-state index < -0.39 is 0 Å². The standard InChI is InChI=1S/C20H29N3O2/c1-15(21-2)5-3-6-16-11-19(13-22-12-16)25-18-9-10-23(14-18)20(24)17-7-4-8-17/h3,6,11-13,15,17-18,21H,4-5,7-10,14H2,1-2H3/b6-3+/t15-,18+/m0/s1. The largest absolute Gasteiger partial charge is 0.487 e. The topological polar surface area (TPSA) is 54.5 Å². The molecule has 0 aromatic carbocycles. The predicted molar refractivity (Wildman–Crippen MR) is 99.4 cm³/mol. The van der Waals surface area contributed by atoms with Gasteiger partial charge < -0.3 is 15.0 Å². The number of pyridine rings is 1. The van der Waals surface area contributed by atoms with Crippen LogP contribution < -0.4 is 10.1 Å². The number of ether oxygens (including phenoxy) is 1. The molecule has 25 heavy (non-hydrogen) atoms. The lowest BCUT2D eigenvalue weighted by molar-refractivity contribution is -0.137. The van der Waals surface area contributed by atoms with E-state index in [2.05, 4.69) is 29.4 Å². The molecule has 1 amide bonds. The van der Waals surface area contributed by atoms with Crippen LogP contribution in [0.2, 0.25) is 0 Å². The average molecular weight is 343 g/mol. The van der Waals surface area contributed by atoms with Gasteiger partial charge in [0.1, 0.15) is 11.9 Å².